The Kier molecular flexibility index (Phi) is 3.58. The molecule has 0 spiro atoms. The second-order valence-corrected chi connectivity index (χ2v) is 4.11. The first-order chi connectivity index (χ1) is 2.77. The van der Waals surface area contributed by atoms with Crippen LogP contribution in [0.4, 0.5) is 0 Å². The fourth-order valence-corrected chi connectivity index (χ4v) is 1.13. The maximum absolute atomic E-state index is 5.24. The molecule has 0 unspecified atom stereocenters. The third-order valence-electron chi connectivity index (χ3n) is 0.396. The normalized spacial score (nSPS) is 11.3. The summed E-state index contributed by atoms with van der Waals surface area (Å²) in [6.07, 6.45) is 0. The highest BCUT2D eigenvalue weighted by atomic mass is 35.5. The molecule has 0 rings (SSSR count). The summed E-state index contributed by atoms with van der Waals surface area (Å²) in [6, 6.07) is 0. The molecule has 6 heavy (non-hydrogen) atoms. The average molecular weight is 120 g/mol. The van der Waals surface area contributed by atoms with E-state index in [-0.39, 0.29) is 8.80 Å². The van der Waals surface area contributed by atoms with Crippen LogP contribution in [0.1, 0.15) is 0 Å². The summed E-state index contributed by atoms with van der Waals surface area (Å²) in [5, 5.41) is 0. The Balaban J connectivity index is 3.03. The molecule has 0 aliphatic heterocycles. The molecule has 1 radical (unpaired) electrons. The van der Waals surface area contributed by atoms with Gasteiger partial charge in [0.25, 0.3) is 0 Å². The fraction of sp³-hybridized carbons (Fsp3) is 0.500. The van der Waals surface area contributed by atoms with Crippen LogP contribution in [0.15, 0.2) is 11.2 Å². The van der Waals surface area contributed by atoms with Crippen molar-refractivity contribution in [2.45, 2.75) is 13.1 Å². The zero-order valence-electron chi connectivity index (χ0n) is 4.03. The van der Waals surface area contributed by atoms with E-state index in [4.69, 9.17) is 11.6 Å². The van der Waals surface area contributed by atoms with Gasteiger partial charge in [0.1, 0.15) is 0 Å². The SMILES string of the molecule is C[Si](C)C=CCl. The molecule has 0 aliphatic carbocycles. The van der Waals surface area contributed by atoms with Crippen LogP contribution < -0.4 is 0 Å². The van der Waals surface area contributed by atoms with Crippen LogP contribution in [-0.2, 0) is 0 Å². The Bertz CT molecular complexity index is 49.5. The maximum atomic E-state index is 5.24. The predicted molar refractivity (Wildman–Crippen MR) is 32.5 cm³/mol. The lowest BCUT2D eigenvalue weighted by molar-refractivity contribution is 2.00. The largest absolute Gasteiger partial charge is 0.0937 e. The fourth-order valence-electron chi connectivity index (χ4n) is 0.126. The van der Waals surface area contributed by atoms with Crippen molar-refractivity contribution in [3.05, 3.63) is 11.2 Å². The number of hydrogen-bond donors (Lipinski definition) is 0. The highest BCUT2D eigenvalue weighted by Gasteiger charge is 1.81. The van der Waals surface area contributed by atoms with Gasteiger partial charge in [-0.3, -0.25) is 0 Å². The van der Waals surface area contributed by atoms with E-state index < -0.39 is 0 Å². The van der Waals surface area contributed by atoms with E-state index in [0.717, 1.165) is 0 Å². The van der Waals surface area contributed by atoms with Crippen molar-refractivity contribution in [3.63, 3.8) is 0 Å². The van der Waals surface area contributed by atoms with E-state index in [1.807, 2.05) is 5.70 Å². The van der Waals surface area contributed by atoms with Gasteiger partial charge in [0.2, 0.25) is 0 Å². The van der Waals surface area contributed by atoms with Crippen LogP contribution in [0.25, 0.3) is 0 Å². The van der Waals surface area contributed by atoms with Gasteiger partial charge in [-0.2, -0.15) is 0 Å². The monoisotopic (exact) mass is 119 g/mol. The molecular formula is C4H8ClSi. The number of rotatable bonds is 1. The molecule has 35 valence electrons. The van der Waals surface area contributed by atoms with Gasteiger partial charge in [0.05, 0.1) is 8.80 Å². The summed E-state index contributed by atoms with van der Waals surface area (Å²) in [6.45, 7) is 4.37. The summed E-state index contributed by atoms with van der Waals surface area (Å²) in [5.74, 6) is 0. The maximum Gasteiger partial charge on any atom is 0.0704 e. The van der Waals surface area contributed by atoms with Crippen LogP contribution >= 0.6 is 11.6 Å². The summed E-state index contributed by atoms with van der Waals surface area (Å²) in [5.41, 5.74) is 3.63. The second-order valence-electron chi connectivity index (χ2n) is 1.37. The van der Waals surface area contributed by atoms with Gasteiger partial charge in [-0.25, -0.2) is 0 Å². The van der Waals surface area contributed by atoms with Crippen molar-refractivity contribution in [1.82, 2.24) is 0 Å². The Morgan fingerprint density at radius 3 is 2.00 bits per heavy atom. The van der Waals surface area contributed by atoms with Crippen LogP contribution in [0, 0.1) is 0 Å². The number of halogens is 1. The van der Waals surface area contributed by atoms with Crippen molar-refractivity contribution in [3.8, 4) is 0 Å². The van der Waals surface area contributed by atoms with Gasteiger partial charge < -0.3 is 0 Å². The standard InChI is InChI=1S/C4H8ClSi/c1-6(2)4-3-5/h3-4H,1-2H3. The van der Waals surface area contributed by atoms with Crippen LogP contribution in [0.3, 0.4) is 0 Å². The van der Waals surface area contributed by atoms with Gasteiger partial charge >= 0.3 is 0 Å². The molecule has 0 aromatic carbocycles. The van der Waals surface area contributed by atoms with E-state index in [2.05, 4.69) is 13.1 Å². The molecule has 0 amide bonds. The van der Waals surface area contributed by atoms with Gasteiger partial charge in [-0.15, -0.1) is 0 Å². The predicted octanol–water partition coefficient (Wildman–Crippen LogP) is 2.03. The van der Waals surface area contributed by atoms with E-state index in [1.54, 1.807) is 5.54 Å². The minimum atomic E-state index is -0.198. The Labute approximate surface area is 45.4 Å². The molecule has 0 fully saturated rings. The highest BCUT2D eigenvalue weighted by Crippen LogP contribution is 1.83. The van der Waals surface area contributed by atoms with Gasteiger partial charge in [-0.1, -0.05) is 30.4 Å². The molecule has 0 saturated heterocycles. The first kappa shape index (κ1) is 6.25. The van der Waals surface area contributed by atoms with Crippen molar-refractivity contribution in [1.29, 1.82) is 0 Å². The minimum Gasteiger partial charge on any atom is -0.0937 e. The summed E-state index contributed by atoms with van der Waals surface area (Å²) >= 11 is 5.24. The van der Waals surface area contributed by atoms with Gasteiger partial charge in [0.15, 0.2) is 0 Å². The molecular weight excluding hydrogens is 112 g/mol. The molecule has 0 aromatic rings. The van der Waals surface area contributed by atoms with Crippen molar-refractivity contribution in [2.24, 2.45) is 0 Å². The van der Waals surface area contributed by atoms with Crippen LogP contribution in [0.5, 0.6) is 0 Å². The van der Waals surface area contributed by atoms with E-state index in [9.17, 15) is 0 Å². The molecule has 0 atom stereocenters. The molecule has 0 heterocycles. The Hall–Kier alpha value is 0.247. The third kappa shape index (κ3) is 4.25. The van der Waals surface area contributed by atoms with Crippen molar-refractivity contribution in [2.75, 3.05) is 0 Å². The van der Waals surface area contributed by atoms with Crippen LogP contribution in [0.2, 0.25) is 13.1 Å². The van der Waals surface area contributed by atoms with Gasteiger partial charge in [0, 0.05) is 0 Å². The Morgan fingerprint density at radius 1 is 1.50 bits per heavy atom. The summed E-state index contributed by atoms with van der Waals surface area (Å²) in [7, 11) is -0.198. The average Bonchev–Trinajstić information content (AvgIpc) is 1.35. The molecule has 0 aromatic heterocycles. The topological polar surface area (TPSA) is 0 Å². The van der Waals surface area contributed by atoms with Crippen molar-refractivity contribution < 1.29 is 0 Å². The lowest BCUT2D eigenvalue weighted by atomic mass is 11.2. The smallest absolute Gasteiger partial charge is 0.0704 e. The first-order valence-corrected chi connectivity index (χ1v) is 4.85. The van der Waals surface area contributed by atoms with Crippen molar-refractivity contribution >= 4 is 20.4 Å². The lowest BCUT2D eigenvalue weighted by Gasteiger charge is -1.82. The molecule has 0 N–H and O–H groups in total. The van der Waals surface area contributed by atoms with E-state index in [0.29, 0.717) is 0 Å². The zero-order chi connectivity index (χ0) is 4.99. The third-order valence-corrected chi connectivity index (χ3v) is 1.57. The van der Waals surface area contributed by atoms with Gasteiger partial charge in [-0.05, 0) is 5.54 Å². The molecule has 2 heteroatoms. The Morgan fingerprint density at radius 2 is 2.00 bits per heavy atom. The summed E-state index contributed by atoms with van der Waals surface area (Å²) < 4.78 is 0. The highest BCUT2D eigenvalue weighted by molar-refractivity contribution is 6.62. The first-order valence-electron chi connectivity index (χ1n) is 1.84. The van der Waals surface area contributed by atoms with Crippen LogP contribution in [-0.4, -0.2) is 8.80 Å². The summed E-state index contributed by atoms with van der Waals surface area (Å²) in [4.78, 5) is 0. The zero-order valence-corrected chi connectivity index (χ0v) is 5.79. The second kappa shape index (κ2) is 3.44. The molecule has 0 nitrogen and oxygen atoms in total. The molecule has 0 saturated carbocycles. The number of hydrogen-bond acceptors (Lipinski definition) is 0. The quantitative estimate of drug-likeness (QED) is 0.464. The molecule has 0 bridgehead atoms. The molecule has 0 aliphatic rings. The van der Waals surface area contributed by atoms with E-state index >= 15 is 0 Å². The van der Waals surface area contributed by atoms with E-state index in [1.165, 1.54) is 0 Å². The lowest BCUT2D eigenvalue weighted by Crippen LogP contribution is -1.90. The minimum absolute atomic E-state index is 0.198.